The van der Waals surface area contributed by atoms with Crippen LogP contribution in [-0.2, 0) is 9.59 Å². The lowest BCUT2D eigenvalue weighted by Gasteiger charge is -2.22. The predicted octanol–water partition coefficient (Wildman–Crippen LogP) is 2.01. The Morgan fingerprint density at radius 2 is 2.13 bits per heavy atom. The zero-order chi connectivity index (χ0) is 16.2. The van der Waals surface area contributed by atoms with Gasteiger partial charge in [0.1, 0.15) is 11.6 Å². The zero-order valence-electron chi connectivity index (χ0n) is 12.5. The largest absolute Gasteiger partial charge is 0.353 e. The average molecular weight is 316 g/mol. The Labute approximate surface area is 132 Å². The number of rotatable bonds is 4. The predicted molar refractivity (Wildman–Crippen MR) is 82.6 cm³/mol. The summed E-state index contributed by atoms with van der Waals surface area (Å²) in [7, 11) is 0. The molecule has 2 heterocycles. The third-order valence-corrected chi connectivity index (χ3v) is 3.73. The number of hydrogen-bond donors (Lipinski definition) is 2. The Balaban J connectivity index is 1.66. The van der Waals surface area contributed by atoms with Crippen LogP contribution in [0.15, 0.2) is 36.5 Å². The molecule has 1 aliphatic rings. The molecule has 0 aliphatic carbocycles. The minimum Gasteiger partial charge on any atom is -0.353 e. The number of carbonyl (C=O) groups excluding carboxylic acids is 2. The molecule has 1 unspecified atom stereocenters. The molecule has 1 aromatic carbocycles. The highest BCUT2D eigenvalue weighted by atomic mass is 19.1. The lowest BCUT2D eigenvalue weighted by atomic mass is 10.0. The smallest absolute Gasteiger partial charge is 0.227 e. The summed E-state index contributed by atoms with van der Waals surface area (Å²) in [6.45, 7) is 0. The van der Waals surface area contributed by atoms with Crippen molar-refractivity contribution in [3.8, 4) is 5.69 Å². The number of halogens is 1. The number of nitrogens with zero attached hydrogens (tertiary/aromatic N) is 2. The monoisotopic (exact) mass is 316 g/mol. The van der Waals surface area contributed by atoms with Gasteiger partial charge in [-0.3, -0.25) is 9.59 Å². The third kappa shape index (κ3) is 3.74. The van der Waals surface area contributed by atoms with E-state index in [9.17, 15) is 14.0 Å². The second-order valence-electron chi connectivity index (χ2n) is 5.51. The Morgan fingerprint density at radius 1 is 1.35 bits per heavy atom. The first-order valence-corrected chi connectivity index (χ1v) is 7.51. The van der Waals surface area contributed by atoms with Crippen molar-refractivity contribution >= 4 is 17.6 Å². The van der Waals surface area contributed by atoms with E-state index in [0.717, 1.165) is 12.8 Å². The van der Waals surface area contributed by atoms with E-state index < -0.39 is 0 Å². The number of carbonyl (C=O) groups is 2. The highest BCUT2D eigenvalue weighted by Gasteiger charge is 2.21. The van der Waals surface area contributed by atoms with E-state index in [-0.39, 0.29) is 30.1 Å². The van der Waals surface area contributed by atoms with Gasteiger partial charge in [0.2, 0.25) is 11.8 Å². The Morgan fingerprint density at radius 3 is 2.87 bits per heavy atom. The maximum atomic E-state index is 13.0. The molecule has 3 rings (SSSR count). The van der Waals surface area contributed by atoms with Crippen LogP contribution in [0.4, 0.5) is 10.2 Å². The summed E-state index contributed by atoms with van der Waals surface area (Å²) in [5, 5.41) is 9.74. The van der Waals surface area contributed by atoms with E-state index in [1.165, 1.54) is 16.8 Å². The van der Waals surface area contributed by atoms with Gasteiger partial charge in [-0.15, -0.1) is 0 Å². The number of benzene rings is 1. The van der Waals surface area contributed by atoms with E-state index >= 15 is 0 Å². The summed E-state index contributed by atoms with van der Waals surface area (Å²) in [6.07, 6.45) is 3.91. The molecular weight excluding hydrogens is 299 g/mol. The number of nitrogens with one attached hydrogen (secondary N) is 2. The van der Waals surface area contributed by atoms with E-state index in [4.69, 9.17) is 0 Å². The molecule has 0 spiro atoms. The van der Waals surface area contributed by atoms with Crippen molar-refractivity contribution in [1.82, 2.24) is 15.1 Å². The molecule has 23 heavy (non-hydrogen) atoms. The van der Waals surface area contributed by atoms with Crippen molar-refractivity contribution in [2.24, 2.45) is 0 Å². The minimum absolute atomic E-state index is 0.00889. The molecular formula is C16H17FN4O2. The van der Waals surface area contributed by atoms with Gasteiger partial charge in [0.15, 0.2) is 0 Å². The molecule has 0 bridgehead atoms. The van der Waals surface area contributed by atoms with Gasteiger partial charge in [-0.05, 0) is 37.1 Å². The average Bonchev–Trinajstić information content (AvgIpc) is 2.96. The van der Waals surface area contributed by atoms with Crippen molar-refractivity contribution in [1.29, 1.82) is 0 Å². The minimum atomic E-state index is -0.334. The molecule has 6 nitrogen and oxygen atoms in total. The first-order valence-electron chi connectivity index (χ1n) is 7.51. The second-order valence-corrected chi connectivity index (χ2v) is 5.51. The lowest BCUT2D eigenvalue weighted by molar-refractivity contribution is -0.124. The Bertz CT molecular complexity index is 711. The molecule has 0 saturated carbocycles. The summed E-state index contributed by atoms with van der Waals surface area (Å²) < 4.78 is 14.5. The molecule has 120 valence electrons. The fourth-order valence-corrected chi connectivity index (χ4v) is 2.64. The van der Waals surface area contributed by atoms with Crippen molar-refractivity contribution < 1.29 is 14.0 Å². The first-order chi connectivity index (χ1) is 11.1. The van der Waals surface area contributed by atoms with Gasteiger partial charge in [0.05, 0.1) is 11.9 Å². The van der Waals surface area contributed by atoms with E-state index in [0.29, 0.717) is 17.9 Å². The molecule has 2 N–H and O–H groups in total. The fourth-order valence-electron chi connectivity index (χ4n) is 2.64. The van der Waals surface area contributed by atoms with Crippen LogP contribution >= 0.6 is 0 Å². The molecule has 2 aromatic rings. The number of amides is 2. The molecule has 7 heteroatoms. The summed E-state index contributed by atoms with van der Waals surface area (Å²) in [6, 6.07) is 7.37. The number of piperidine rings is 1. The summed E-state index contributed by atoms with van der Waals surface area (Å²) in [5.74, 6) is -0.0326. The van der Waals surface area contributed by atoms with Gasteiger partial charge >= 0.3 is 0 Å². The topological polar surface area (TPSA) is 76.0 Å². The molecule has 1 atom stereocenters. The van der Waals surface area contributed by atoms with Gasteiger partial charge in [-0.2, -0.15) is 5.10 Å². The van der Waals surface area contributed by atoms with Gasteiger partial charge in [0, 0.05) is 24.9 Å². The van der Waals surface area contributed by atoms with Gasteiger partial charge in [0.25, 0.3) is 0 Å². The van der Waals surface area contributed by atoms with Gasteiger partial charge < -0.3 is 10.6 Å². The van der Waals surface area contributed by atoms with E-state index in [2.05, 4.69) is 15.7 Å². The van der Waals surface area contributed by atoms with E-state index in [1.807, 2.05) is 0 Å². The number of hydrogen-bond acceptors (Lipinski definition) is 3. The molecule has 1 saturated heterocycles. The highest BCUT2D eigenvalue weighted by Crippen LogP contribution is 2.17. The van der Waals surface area contributed by atoms with Crippen molar-refractivity contribution in [3.63, 3.8) is 0 Å². The molecule has 1 aromatic heterocycles. The van der Waals surface area contributed by atoms with Crippen LogP contribution in [0.25, 0.3) is 5.69 Å². The van der Waals surface area contributed by atoms with Gasteiger partial charge in [-0.1, -0.05) is 0 Å². The van der Waals surface area contributed by atoms with Crippen LogP contribution < -0.4 is 10.6 Å². The quantitative estimate of drug-likeness (QED) is 0.906. The Hall–Kier alpha value is -2.70. The van der Waals surface area contributed by atoms with Crippen LogP contribution in [0, 0.1) is 5.82 Å². The standard InChI is InChI=1S/C16H17FN4O2/c17-11-4-6-13(7-5-11)21-14(8-9-18-21)20-16(23)10-12-2-1-3-15(22)19-12/h4-9,12H,1-3,10H2,(H,19,22)(H,20,23). The lowest BCUT2D eigenvalue weighted by Crippen LogP contribution is -2.40. The van der Waals surface area contributed by atoms with Crippen LogP contribution in [0.1, 0.15) is 25.7 Å². The summed E-state index contributed by atoms with van der Waals surface area (Å²) in [4.78, 5) is 23.5. The SMILES string of the molecule is O=C(CC1CCCC(=O)N1)Nc1ccnn1-c1ccc(F)cc1. The maximum absolute atomic E-state index is 13.0. The first kappa shape index (κ1) is 15.2. The summed E-state index contributed by atoms with van der Waals surface area (Å²) in [5.41, 5.74) is 0.651. The Kier molecular flexibility index (Phi) is 4.36. The molecule has 0 radical (unpaired) electrons. The highest BCUT2D eigenvalue weighted by molar-refractivity contribution is 5.91. The van der Waals surface area contributed by atoms with Crippen molar-refractivity contribution in [2.75, 3.05) is 5.32 Å². The van der Waals surface area contributed by atoms with E-state index in [1.54, 1.807) is 24.4 Å². The zero-order valence-corrected chi connectivity index (χ0v) is 12.5. The van der Waals surface area contributed by atoms with Crippen molar-refractivity contribution in [2.45, 2.75) is 31.7 Å². The maximum Gasteiger partial charge on any atom is 0.227 e. The van der Waals surface area contributed by atoms with Gasteiger partial charge in [-0.25, -0.2) is 9.07 Å². The number of aromatic nitrogens is 2. The third-order valence-electron chi connectivity index (χ3n) is 3.73. The van der Waals surface area contributed by atoms with Crippen LogP contribution in [0.5, 0.6) is 0 Å². The van der Waals surface area contributed by atoms with Crippen LogP contribution in [0.3, 0.4) is 0 Å². The van der Waals surface area contributed by atoms with Crippen LogP contribution in [0.2, 0.25) is 0 Å². The van der Waals surface area contributed by atoms with Crippen LogP contribution in [-0.4, -0.2) is 27.6 Å². The molecule has 2 amide bonds. The normalized spacial score (nSPS) is 17.6. The van der Waals surface area contributed by atoms with Crippen molar-refractivity contribution in [3.05, 3.63) is 42.3 Å². The molecule has 1 fully saturated rings. The number of anilines is 1. The summed E-state index contributed by atoms with van der Waals surface area (Å²) >= 11 is 0. The molecule has 1 aliphatic heterocycles. The fraction of sp³-hybridized carbons (Fsp3) is 0.312. The second kappa shape index (κ2) is 6.60.